The molecule has 0 saturated heterocycles. The van der Waals surface area contributed by atoms with Gasteiger partial charge in [0.25, 0.3) is 0 Å². The number of hydrogen-bond donors (Lipinski definition) is 1. The highest BCUT2D eigenvalue weighted by Crippen LogP contribution is 2.36. The van der Waals surface area contributed by atoms with Crippen LogP contribution >= 0.6 is 0 Å². The largest absolute Gasteiger partial charge is 0.309 e. The highest BCUT2D eigenvalue weighted by Gasteiger charge is 2.31. The Kier molecular flexibility index (Phi) is 4.39. The summed E-state index contributed by atoms with van der Waals surface area (Å²) in [5.74, 6) is 0. The van der Waals surface area contributed by atoms with Crippen LogP contribution in [0.4, 0.5) is 0 Å². The minimum atomic E-state index is 0.0542. The molecule has 0 saturated carbocycles. The first-order chi connectivity index (χ1) is 9.16. The third-order valence-electron chi connectivity index (χ3n) is 3.78. The van der Waals surface area contributed by atoms with E-state index in [1.807, 2.05) is 0 Å². The van der Waals surface area contributed by atoms with E-state index in [2.05, 4.69) is 86.8 Å². The van der Waals surface area contributed by atoms with Crippen molar-refractivity contribution < 1.29 is 0 Å². The first-order valence-electron chi connectivity index (χ1n) is 7.00. The van der Waals surface area contributed by atoms with Crippen molar-refractivity contribution in [2.45, 2.75) is 32.2 Å². The molecule has 0 amide bonds. The van der Waals surface area contributed by atoms with Crippen LogP contribution in [0.5, 0.6) is 0 Å². The molecule has 1 unspecified atom stereocenters. The van der Waals surface area contributed by atoms with Crippen molar-refractivity contribution in [1.82, 2.24) is 5.32 Å². The van der Waals surface area contributed by atoms with Crippen molar-refractivity contribution in [3.05, 3.63) is 71.8 Å². The molecule has 1 atom stereocenters. The zero-order chi connectivity index (χ0) is 13.7. The normalized spacial score (nSPS) is 13.2. The Balaban J connectivity index is 2.39. The van der Waals surface area contributed by atoms with Gasteiger partial charge in [0, 0.05) is 11.5 Å². The van der Waals surface area contributed by atoms with E-state index in [0.29, 0.717) is 6.04 Å². The zero-order valence-electron chi connectivity index (χ0n) is 12.1. The number of benzene rings is 2. The maximum atomic E-state index is 3.64. The minimum absolute atomic E-state index is 0.0542. The van der Waals surface area contributed by atoms with Gasteiger partial charge in [-0.05, 0) is 17.7 Å². The van der Waals surface area contributed by atoms with Crippen molar-refractivity contribution in [1.29, 1.82) is 0 Å². The molecule has 1 heteroatoms. The molecule has 0 aliphatic rings. The van der Waals surface area contributed by atoms with Gasteiger partial charge in [-0.15, -0.1) is 0 Å². The summed E-state index contributed by atoms with van der Waals surface area (Å²) in [5.41, 5.74) is 2.77. The van der Waals surface area contributed by atoms with Crippen LogP contribution in [0.3, 0.4) is 0 Å². The van der Waals surface area contributed by atoms with Crippen molar-refractivity contribution in [3.8, 4) is 0 Å². The van der Waals surface area contributed by atoms with Crippen molar-refractivity contribution >= 4 is 0 Å². The molecule has 0 bridgehead atoms. The van der Waals surface area contributed by atoms with E-state index in [-0.39, 0.29) is 5.41 Å². The fourth-order valence-corrected chi connectivity index (χ4v) is 2.67. The molecular weight excluding hydrogens is 230 g/mol. The zero-order valence-corrected chi connectivity index (χ0v) is 12.1. The lowest BCUT2D eigenvalue weighted by Crippen LogP contribution is -2.37. The van der Waals surface area contributed by atoms with Crippen LogP contribution < -0.4 is 5.32 Å². The highest BCUT2D eigenvalue weighted by atomic mass is 14.9. The molecular formula is C18H23N. The Morgan fingerprint density at radius 2 is 1.42 bits per heavy atom. The smallest absolute Gasteiger partial charge is 0.0412 e. The summed E-state index contributed by atoms with van der Waals surface area (Å²) in [4.78, 5) is 0. The lowest BCUT2D eigenvalue weighted by molar-refractivity contribution is 0.354. The van der Waals surface area contributed by atoms with E-state index < -0.39 is 0 Å². The SMILES string of the molecule is CCNC(c1ccccc1)C(C)(C)c1ccccc1. The van der Waals surface area contributed by atoms with Gasteiger partial charge < -0.3 is 5.32 Å². The molecule has 0 fully saturated rings. The highest BCUT2D eigenvalue weighted by molar-refractivity contribution is 5.31. The van der Waals surface area contributed by atoms with Gasteiger partial charge in [-0.1, -0.05) is 81.4 Å². The maximum absolute atomic E-state index is 3.64. The van der Waals surface area contributed by atoms with E-state index in [4.69, 9.17) is 0 Å². The molecule has 19 heavy (non-hydrogen) atoms. The molecule has 0 radical (unpaired) electrons. The predicted molar refractivity (Wildman–Crippen MR) is 82.3 cm³/mol. The van der Waals surface area contributed by atoms with Gasteiger partial charge in [-0.2, -0.15) is 0 Å². The van der Waals surface area contributed by atoms with Crippen LogP contribution in [-0.2, 0) is 5.41 Å². The van der Waals surface area contributed by atoms with Crippen molar-refractivity contribution in [3.63, 3.8) is 0 Å². The fraction of sp³-hybridized carbons (Fsp3) is 0.333. The van der Waals surface area contributed by atoms with Crippen LogP contribution in [0, 0.1) is 0 Å². The predicted octanol–water partition coefficient (Wildman–Crippen LogP) is 4.32. The molecule has 100 valence electrons. The van der Waals surface area contributed by atoms with Gasteiger partial charge in [0.05, 0.1) is 0 Å². The minimum Gasteiger partial charge on any atom is -0.309 e. The Bertz CT molecular complexity index is 488. The second kappa shape index (κ2) is 6.03. The summed E-state index contributed by atoms with van der Waals surface area (Å²) in [5, 5.41) is 3.64. The van der Waals surface area contributed by atoms with Gasteiger partial charge in [0.1, 0.15) is 0 Å². The topological polar surface area (TPSA) is 12.0 Å². The second-order valence-electron chi connectivity index (χ2n) is 5.49. The molecule has 2 aromatic carbocycles. The second-order valence-corrected chi connectivity index (χ2v) is 5.49. The summed E-state index contributed by atoms with van der Waals surface area (Å²) < 4.78 is 0. The molecule has 0 aliphatic carbocycles. The van der Waals surface area contributed by atoms with Gasteiger partial charge >= 0.3 is 0 Å². The molecule has 1 N–H and O–H groups in total. The van der Waals surface area contributed by atoms with Crippen molar-refractivity contribution in [2.24, 2.45) is 0 Å². The number of likely N-dealkylation sites (N-methyl/N-ethyl adjacent to an activating group) is 1. The molecule has 0 spiro atoms. The molecule has 0 aliphatic heterocycles. The van der Waals surface area contributed by atoms with Gasteiger partial charge in [-0.25, -0.2) is 0 Å². The average Bonchev–Trinajstić information content (AvgIpc) is 2.46. The van der Waals surface area contributed by atoms with Gasteiger partial charge in [0.15, 0.2) is 0 Å². The number of rotatable bonds is 5. The van der Waals surface area contributed by atoms with E-state index >= 15 is 0 Å². The summed E-state index contributed by atoms with van der Waals surface area (Å²) in [6.07, 6.45) is 0. The average molecular weight is 253 g/mol. The molecule has 1 nitrogen and oxygen atoms in total. The summed E-state index contributed by atoms with van der Waals surface area (Å²) >= 11 is 0. The first kappa shape index (κ1) is 13.8. The summed E-state index contributed by atoms with van der Waals surface area (Å²) in [7, 11) is 0. The van der Waals surface area contributed by atoms with Crippen LogP contribution in [-0.4, -0.2) is 6.54 Å². The Morgan fingerprint density at radius 1 is 0.895 bits per heavy atom. The van der Waals surface area contributed by atoms with Gasteiger partial charge in [-0.3, -0.25) is 0 Å². The Hall–Kier alpha value is -1.60. The van der Waals surface area contributed by atoms with Crippen LogP contribution in [0.1, 0.15) is 37.9 Å². The van der Waals surface area contributed by atoms with Crippen molar-refractivity contribution in [2.75, 3.05) is 6.54 Å². The number of nitrogens with one attached hydrogen (secondary N) is 1. The fourth-order valence-electron chi connectivity index (χ4n) is 2.67. The van der Waals surface area contributed by atoms with E-state index in [0.717, 1.165) is 6.54 Å². The molecule has 0 heterocycles. The van der Waals surface area contributed by atoms with E-state index in [1.165, 1.54) is 11.1 Å². The quantitative estimate of drug-likeness (QED) is 0.837. The lowest BCUT2D eigenvalue weighted by Gasteiger charge is -2.36. The summed E-state index contributed by atoms with van der Waals surface area (Å²) in [6, 6.07) is 21.8. The number of hydrogen-bond acceptors (Lipinski definition) is 1. The third kappa shape index (κ3) is 3.05. The molecule has 0 aromatic heterocycles. The lowest BCUT2D eigenvalue weighted by atomic mass is 9.75. The molecule has 2 aromatic rings. The first-order valence-corrected chi connectivity index (χ1v) is 7.00. The van der Waals surface area contributed by atoms with E-state index in [1.54, 1.807) is 0 Å². The summed E-state index contributed by atoms with van der Waals surface area (Å²) in [6.45, 7) is 7.75. The maximum Gasteiger partial charge on any atom is 0.0412 e. The monoisotopic (exact) mass is 253 g/mol. The van der Waals surface area contributed by atoms with Crippen LogP contribution in [0.25, 0.3) is 0 Å². The van der Waals surface area contributed by atoms with Gasteiger partial charge in [0.2, 0.25) is 0 Å². The Labute approximate surface area is 116 Å². The van der Waals surface area contributed by atoms with E-state index in [9.17, 15) is 0 Å². The standard InChI is InChI=1S/C18H23N/c1-4-19-17(15-11-7-5-8-12-15)18(2,3)16-13-9-6-10-14-16/h5-14,17,19H,4H2,1-3H3. The Morgan fingerprint density at radius 3 is 1.95 bits per heavy atom. The molecule has 2 rings (SSSR count). The van der Waals surface area contributed by atoms with Crippen LogP contribution in [0.15, 0.2) is 60.7 Å². The van der Waals surface area contributed by atoms with Crippen LogP contribution in [0.2, 0.25) is 0 Å². The third-order valence-corrected chi connectivity index (χ3v) is 3.78.